The summed E-state index contributed by atoms with van der Waals surface area (Å²) in [5, 5.41) is 19.1. The molecular weight excluding hydrogens is 292 g/mol. The Hall–Kier alpha value is -1.05. The van der Waals surface area contributed by atoms with Crippen LogP contribution in [-0.2, 0) is 0 Å². The van der Waals surface area contributed by atoms with Crippen molar-refractivity contribution in [3.63, 3.8) is 0 Å². The normalized spacial score (nSPS) is 18.3. The van der Waals surface area contributed by atoms with Crippen LogP contribution in [-0.4, -0.2) is 5.11 Å². The average molecular weight is 309 g/mol. The molecule has 0 saturated heterocycles. The van der Waals surface area contributed by atoms with Gasteiger partial charge in [-0.3, -0.25) is 0 Å². The SMILES string of the molecule is N#Cc1cc(Br)c(O)c([C@@H](N)C2CCCCC2)c1. The molecule has 0 aromatic heterocycles. The van der Waals surface area contributed by atoms with Crippen molar-refractivity contribution < 1.29 is 5.11 Å². The van der Waals surface area contributed by atoms with Crippen molar-refractivity contribution >= 4 is 15.9 Å². The number of benzene rings is 1. The number of rotatable bonds is 2. The van der Waals surface area contributed by atoms with E-state index >= 15 is 0 Å². The number of hydrogen-bond acceptors (Lipinski definition) is 3. The maximum atomic E-state index is 10.1. The summed E-state index contributed by atoms with van der Waals surface area (Å²) < 4.78 is 0.544. The summed E-state index contributed by atoms with van der Waals surface area (Å²) in [7, 11) is 0. The van der Waals surface area contributed by atoms with E-state index in [-0.39, 0.29) is 11.8 Å². The molecule has 0 amide bonds. The Labute approximate surface area is 116 Å². The van der Waals surface area contributed by atoms with Gasteiger partial charge in [-0.2, -0.15) is 5.26 Å². The van der Waals surface area contributed by atoms with E-state index in [1.807, 2.05) is 0 Å². The van der Waals surface area contributed by atoms with E-state index in [9.17, 15) is 5.11 Å². The summed E-state index contributed by atoms with van der Waals surface area (Å²) in [5.41, 5.74) is 7.49. The predicted octanol–water partition coefficient (Wildman–Crippen LogP) is 3.61. The number of phenolic OH excluding ortho intramolecular Hbond substituents is 1. The van der Waals surface area contributed by atoms with Crippen LogP contribution in [0.3, 0.4) is 0 Å². The number of phenols is 1. The minimum absolute atomic E-state index is 0.173. The van der Waals surface area contributed by atoms with Gasteiger partial charge in [0.2, 0.25) is 0 Å². The Morgan fingerprint density at radius 3 is 2.61 bits per heavy atom. The number of nitriles is 1. The van der Waals surface area contributed by atoms with Crippen LogP contribution in [0.1, 0.15) is 49.3 Å². The van der Waals surface area contributed by atoms with Gasteiger partial charge in [-0.05, 0) is 46.8 Å². The Kier molecular flexibility index (Phi) is 4.26. The summed E-state index contributed by atoms with van der Waals surface area (Å²) in [6.07, 6.45) is 5.90. The molecule has 0 spiro atoms. The van der Waals surface area contributed by atoms with E-state index in [0.717, 1.165) is 12.8 Å². The molecule has 1 fully saturated rings. The van der Waals surface area contributed by atoms with Gasteiger partial charge in [0.15, 0.2) is 0 Å². The zero-order valence-electron chi connectivity index (χ0n) is 10.2. The van der Waals surface area contributed by atoms with Gasteiger partial charge in [0.25, 0.3) is 0 Å². The first kappa shape index (κ1) is 13.4. The molecule has 1 aromatic carbocycles. The summed E-state index contributed by atoms with van der Waals surface area (Å²) in [6.45, 7) is 0. The second-order valence-electron chi connectivity index (χ2n) is 4.93. The van der Waals surface area contributed by atoms with Gasteiger partial charge in [0.05, 0.1) is 16.1 Å². The standard InChI is InChI=1S/C14H17BrN2O/c15-12-7-9(8-16)6-11(14(12)18)13(17)10-4-2-1-3-5-10/h6-7,10,13,18H,1-5,17H2/t13-/m0/s1. The maximum absolute atomic E-state index is 10.1. The lowest BCUT2D eigenvalue weighted by atomic mass is 9.81. The first-order valence-corrected chi connectivity index (χ1v) is 7.11. The quantitative estimate of drug-likeness (QED) is 0.877. The minimum atomic E-state index is -0.185. The van der Waals surface area contributed by atoms with E-state index in [1.54, 1.807) is 12.1 Å². The van der Waals surface area contributed by atoms with Gasteiger partial charge >= 0.3 is 0 Å². The zero-order valence-corrected chi connectivity index (χ0v) is 11.8. The fourth-order valence-electron chi connectivity index (χ4n) is 2.69. The summed E-state index contributed by atoms with van der Waals surface area (Å²) in [4.78, 5) is 0. The molecule has 96 valence electrons. The highest BCUT2D eigenvalue weighted by Crippen LogP contribution is 2.39. The second kappa shape index (κ2) is 5.73. The van der Waals surface area contributed by atoms with Crippen LogP contribution in [0, 0.1) is 17.2 Å². The third-order valence-corrected chi connectivity index (χ3v) is 4.34. The topological polar surface area (TPSA) is 70.0 Å². The molecule has 1 aliphatic carbocycles. The highest BCUT2D eigenvalue weighted by molar-refractivity contribution is 9.10. The largest absolute Gasteiger partial charge is 0.506 e. The monoisotopic (exact) mass is 308 g/mol. The first-order valence-electron chi connectivity index (χ1n) is 6.31. The molecule has 2 rings (SSSR count). The number of nitrogens with zero attached hydrogens (tertiary/aromatic N) is 1. The lowest BCUT2D eigenvalue weighted by Crippen LogP contribution is -2.23. The molecule has 0 heterocycles. The molecule has 3 nitrogen and oxygen atoms in total. The average Bonchev–Trinajstić information content (AvgIpc) is 2.42. The Bertz CT molecular complexity index is 475. The Morgan fingerprint density at radius 1 is 1.33 bits per heavy atom. The number of hydrogen-bond donors (Lipinski definition) is 2. The number of halogens is 1. The van der Waals surface area contributed by atoms with E-state index < -0.39 is 0 Å². The van der Waals surface area contributed by atoms with Gasteiger partial charge in [-0.1, -0.05) is 19.3 Å². The van der Waals surface area contributed by atoms with Crippen LogP contribution in [0.25, 0.3) is 0 Å². The van der Waals surface area contributed by atoms with Crippen molar-refractivity contribution in [2.24, 2.45) is 11.7 Å². The van der Waals surface area contributed by atoms with Crippen LogP contribution in [0.5, 0.6) is 5.75 Å². The van der Waals surface area contributed by atoms with Crippen LogP contribution in [0.15, 0.2) is 16.6 Å². The molecular formula is C14H17BrN2O. The lowest BCUT2D eigenvalue weighted by molar-refractivity contribution is 0.303. The van der Waals surface area contributed by atoms with Gasteiger partial charge in [-0.25, -0.2) is 0 Å². The van der Waals surface area contributed by atoms with Crippen molar-refractivity contribution in [3.05, 3.63) is 27.7 Å². The third kappa shape index (κ3) is 2.68. The van der Waals surface area contributed by atoms with Gasteiger partial charge in [-0.15, -0.1) is 0 Å². The molecule has 1 atom stereocenters. The van der Waals surface area contributed by atoms with E-state index in [1.165, 1.54) is 19.3 Å². The molecule has 4 heteroatoms. The lowest BCUT2D eigenvalue weighted by Gasteiger charge is -2.28. The van der Waals surface area contributed by atoms with E-state index in [2.05, 4.69) is 22.0 Å². The fourth-order valence-corrected chi connectivity index (χ4v) is 3.16. The van der Waals surface area contributed by atoms with E-state index in [4.69, 9.17) is 11.0 Å². The molecule has 1 saturated carbocycles. The van der Waals surface area contributed by atoms with Crippen LogP contribution in [0.2, 0.25) is 0 Å². The summed E-state index contributed by atoms with van der Waals surface area (Å²) in [6, 6.07) is 5.24. The number of aromatic hydroxyl groups is 1. The molecule has 0 radical (unpaired) electrons. The molecule has 0 unspecified atom stereocenters. The van der Waals surface area contributed by atoms with Crippen molar-refractivity contribution in [1.82, 2.24) is 0 Å². The minimum Gasteiger partial charge on any atom is -0.506 e. The molecule has 3 N–H and O–H groups in total. The first-order chi connectivity index (χ1) is 8.63. The van der Waals surface area contributed by atoms with Gasteiger partial charge in [0.1, 0.15) is 5.75 Å². The van der Waals surface area contributed by atoms with E-state index in [0.29, 0.717) is 21.5 Å². The highest BCUT2D eigenvalue weighted by atomic mass is 79.9. The predicted molar refractivity (Wildman–Crippen MR) is 74.0 cm³/mol. The van der Waals surface area contributed by atoms with Crippen LogP contribution < -0.4 is 5.73 Å². The third-order valence-electron chi connectivity index (χ3n) is 3.74. The molecule has 18 heavy (non-hydrogen) atoms. The summed E-state index contributed by atoms with van der Waals surface area (Å²) in [5.74, 6) is 0.581. The second-order valence-corrected chi connectivity index (χ2v) is 5.79. The molecule has 1 aliphatic rings. The molecule has 0 aliphatic heterocycles. The maximum Gasteiger partial charge on any atom is 0.134 e. The Balaban J connectivity index is 2.31. The van der Waals surface area contributed by atoms with Crippen LogP contribution >= 0.6 is 15.9 Å². The van der Waals surface area contributed by atoms with Gasteiger partial charge in [0, 0.05) is 11.6 Å². The van der Waals surface area contributed by atoms with Crippen molar-refractivity contribution in [2.45, 2.75) is 38.1 Å². The van der Waals surface area contributed by atoms with Crippen LogP contribution in [0.4, 0.5) is 0 Å². The van der Waals surface area contributed by atoms with Crippen molar-refractivity contribution in [3.8, 4) is 11.8 Å². The smallest absolute Gasteiger partial charge is 0.134 e. The zero-order chi connectivity index (χ0) is 13.1. The fraction of sp³-hybridized carbons (Fsp3) is 0.500. The van der Waals surface area contributed by atoms with Gasteiger partial charge < -0.3 is 10.8 Å². The van der Waals surface area contributed by atoms with Crippen molar-refractivity contribution in [1.29, 1.82) is 5.26 Å². The number of nitrogens with two attached hydrogens (primary N) is 1. The van der Waals surface area contributed by atoms with Crippen molar-refractivity contribution in [2.75, 3.05) is 0 Å². The molecule has 0 bridgehead atoms. The molecule has 1 aromatic rings. The highest BCUT2D eigenvalue weighted by Gasteiger charge is 2.25. The summed E-state index contributed by atoms with van der Waals surface area (Å²) >= 11 is 3.27. The Morgan fingerprint density at radius 2 is 2.00 bits per heavy atom.